The van der Waals surface area contributed by atoms with Crippen LogP contribution in [0.15, 0.2) is 0 Å². The molecule has 0 atom stereocenters. The molecule has 0 bridgehead atoms. The van der Waals surface area contributed by atoms with Crippen LogP contribution in [0.3, 0.4) is 0 Å². The topological polar surface area (TPSA) is 49.9 Å². The van der Waals surface area contributed by atoms with Crippen LogP contribution in [0.4, 0.5) is 0 Å². The Bertz CT molecular complexity index is 345. The zero-order valence-electron chi connectivity index (χ0n) is 14.4. The lowest BCUT2D eigenvalue weighted by Gasteiger charge is -2.34. The smallest absolute Gasteiger partial charge is 0.306 e. The number of esters is 1. The van der Waals surface area contributed by atoms with Gasteiger partial charge in [0.05, 0.1) is 13.0 Å². The molecule has 134 valence electrons. The van der Waals surface area contributed by atoms with E-state index < -0.39 is 0 Å². The quantitative estimate of drug-likeness (QED) is 0.328. The van der Waals surface area contributed by atoms with Crippen molar-refractivity contribution in [2.45, 2.75) is 51.9 Å². The highest BCUT2D eigenvalue weighted by molar-refractivity contribution is 6.17. The minimum absolute atomic E-state index is 0.0601. The summed E-state index contributed by atoms with van der Waals surface area (Å²) in [5, 5.41) is 0. The van der Waals surface area contributed by atoms with Crippen molar-refractivity contribution in [2.24, 2.45) is 0 Å². The Morgan fingerprint density at radius 1 is 1.00 bits per heavy atom. The number of carbonyl (C=O) groups is 2. The molecule has 0 N–H and O–H groups in total. The molecule has 0 aromatic carbocycles. The van der Waals surface area contributed by atoms with Gasteiger partial charge in [-0.25, -0.2) is 0 Å². The molecule has 6 heteroatoms. The zero-order chi connectivity index (χ0) is 16.9. The minimum Gasteiger partial charge on any atom is -0.466 e. The van der Waals surface area contributed by atoms with Crippen LogP contribution in [0.2, 0.25) is 0 Å². The summed E-state index contributed by atoms with van der Waals surface area (Å²) in [5.41, 5.74) is 0. The summed E-state index contributed by atoms with van der Waals surface area (Å²) >= 11 is 5.70. The zero-order valence-corrected chi connectivity index (χ0v) is 15.2. The van der Waals surface area contributed by atoms with E-state index in [9.17, 15) is 9.59 Å². The Balaban J connectivity index is 2.08. The van der Waals surface area contributed by atoms with Crippen molar-refractivity contribution in [3.8, 4) is 0 Å². The van der Waals surface area contributed by atoms with E-state index in [0.29, 0.717) is 12.5 Å². The number of hydrogen-bond acceptors (Lipinski definition) is 4. The molecule has 0 saturated carbocycles. The van der Waals surface area contributed by atoms with Gasteiger partial charge in [-0.15, -0.1) is 11.6 Å². The highest BCUT2D eigenvalue weighted by Crippen LogP contribution is 2.07. The van der Waals surface area contributed by atoms with Gasteiger partial charge in [0.25, 0.3) is 0 Å². The van der Waals surface area contributed by atoms with E-state index >= 15 is 0 Å². The normalized spacial score (nSPS) is 15.7. The maximum absolute atomic E-state index is 12.1. The van der Waals surface area contributed by atoms with E-state index in [0.717, 1.165) is 52.0 Å². The van der Waals surface area contributed by atoms with Gasteiger partial charge in [-0.05, 0) is 19.4 Å². The maximum Gasteiger partial charge on any atom is 0.306 e. The van der Waals surface area contributed by atoms with Crippen LogP contribution in [-0.2, 0) is 14.3 Å². The SMILES string of the molecule is CCCCCCOC(=O)CCC(=O)N1CCN(CCCCl)CC1. The number of unbranched alkanes of at least 4 members (excludes halogenated alkanes) is 3. The Labute approximate surface area is 145 Å². The second-order valence-electron chi connectivity index (χ2n) is 6.05. The predicted octanol–water partition coefficient (Wildman–Crippen LogP) is 2.66. The first-order valence-corrected chi connectivity index (χ1v) is 9.42. The molecule has 0 aromatic heterocycles. The first-order valence-electron chi connectivity index (χ1n) is 8.89. The molecule has 1 heterocycles. The van der Waals surface area contributed by atoms with Gasteiger partial charge in [0, 0.05) is 38.5 Å². The third-order valence-corrected chi connectivity index (χ3v) is 4.40. The van der Waals surface area contributed by atoms with E-state index in [1.54, 1.807) is 0 Å². The molecule has 1 fully saturated rings. The summed E-state index contributed by atoms with van der Waals surface area (Å²) in [6.45, 7) is 6.90. The van der Waals surface area contributed by atoms with Crippen molar-refractivity contribution in [2.75, 3.05) is 45.2 Å². The van der Waals surface area contributed by atoms with Gasteiger partial charge in [0.1, 0.15) is 0 Å². The van der Waals surface area contributed by atoms with E-state index in [1.807, 2.05) is 4.90 Å². The number of nitrogens with zero attached hydrogens (tertiary/aromatic N) is 2. The number of hydrogen-bond donors (Lipinski definition) is 0. The molecule has 0 radical (unpaired) electrons. The second-order valence-corrected chi connectivity index (χ2v) is 6.42. The van der Waals surface area contributed by atoms with Crippen molar-refractivity contribution >= 4 is 23.5 Å². The van der Waals surface area contributed by atoms with Crippen molar-refractivity contribution < 1.29 is 14.3 Å². The molecule has 0 aliphatic carbocycles. The van der Waals surface area contributed by atoms with E-state index in [4.69, 9.17) is 16.3 Å². The summed E-state index contributed by atoms with van der Waals surface area (Å²) in [4.78, 5) is 27.9. The molecule has 0 aromatic rings. The van der Waals surface area contributed by atoms with Gasteiger partial charge in [-0.2, -0.15) is 0 Å². The van der Waals surface area contributed by atoms with E-state index in [2.05, 4.69) is 11.8 Å². The van der Waals surface area contributed by atoms with Crippen LogP contribution in [-0.4, -0.2) is 66.9 Å². The van der Waals surface area contributed by atoms with Crippen LogP contribution in [0, 0.1) is 0 Å². The highest BCUT2D eigenvalue weighted by Gasteiger charge is 2.21. The Morgan fingerprint density at radius 3 is 2.39 bits per heavy atom. The Kier molecular flexibility index (Phi) is 11.1. The third-order valence-electron chi connectivity index (χ3n) is 4.14. The van der Waals surface area contributed by atoms with E-state index in [-0.39, 0.29) is 24.7 Å². The molecular formula is C17H31ClN2O3. The van der Waals surface area contributed by atoms with Crippen LogP contribution in [0.1, 0.15) is 51.9 Å². The Hall–Kier alpha value is -0.810. The van der Waals surface area contributed by atoms with Crippen LogP contribution < -0.4 is 0 Å². The number of amides is 1. The first kappa shape index (κ1) is 20.2. The molecule has 0 unspecified atom stereocenters. The minimum atomic E-state index is -0.254. The number of rotatable bonds is 11. The molecule has 5 nitrogen and oxygen atoms in total. The lowest BCUT2D eigenvalue weighted by atomic mass is 10.2. The van der Waals surface area contributed by atoms with Gasteiger partial charge < -0.3 is 9.64 Å². The molecule has 1 saturated heterocycles. The monoisotopic (exact) mass is 346 g/mol. The summed E-state index contributed by atoms with van der Waals surface area (Å²) < 4.78 is 5.16. The fourth-order valence-electron chi connectivity index (χ4n) is 2.66. The standard InChI is InChI=1S/C17H31ClN2O3/c1-2-3-4-5-15-23-17(22)8-7-16(21)20-13-11-19(12-14-20)10-6-9-18/h2-15H2,1H3. The Morgan fingerprint density at radius 2 is 1.74 bits per heavy atom. The number of alkyl halides is 1. The molecule has 1 aliphatic rings. The summed E-state index contributed by atoms with van der Waals surface area (Å²) in [5.74, 6) is 0.486. The van der Waals surface area contributed by atoms with E-state index in [1.165, 1.54) is 12.8 Å². The largest absolute Gasteiger partial charge is 0.466 e. The fourth-order valence-corrected chi connectivity index (χ4v) is 2.78. The van der Waals surface area contributed by atoms with Crippen LogP contribution >= 0.6 is 11.6 Å². The molecule has 1 amide bonds. The number of carbonyl (C=O) groups excluding carboxylic acids is 2. The average molecular weight is 347 g/mol. The van der Waals surface area contributed by atoms with Gasteiger partial charge in [0.2, 0.25) is 5.91 Å². The van der Waals surface area contributed by atoms with Crippen molar-refractivity contribution in [3.63, 3.8) is 0 Å². The lowest BCUT2D eigenvalue weighted by Crippen LogP contribution is -2.48. The molecular weight excluding hydrogens is 316 g/mol. The number of ether oxygens (including phenoxy) is 1. The van der Waals surface area contributed by atoms with Crippen molar-refractivity contribution in [1.82, 2.24) is 9.80 Å². The molecule has 1 rings (SSSR count). The summed E-state index contributed by atoms with van der Waals surface area (Å²) in [7, 11) is 0. The van der Waals surface area contributed by atoms with Gasteiger partial charge >= 0.3 is 5.97 Å². The van der Waals surface area contributed by atoms with Crippen molar-refractivity contribution in [1.29, 1.82) is 0 Å². The third kappa shape index (κ3) is 9.16. The average Bonchev–Trinajstić information content (AvgIpc) is 2.58. The maximum atomic E-state index is 12.1. The summed E-state index contributed by atoms with van der Waals surface area (Å²) in [6, 6.07) is 0. The van der Waals surface area contributed by atoms with Crippen LogP contribution in [0.25, 0.3) is 0 Å². The molecule has 1 aliphatic heterocycles. The predicted molar refractivity (Wildman–Crippen MR) is 92.7 cm³/mol. The first-order chi connectivity index (χ1) is 11.2. The fraction of sp³-hybridized carbons (Fsp3) is 0.882. The van der Waals surface area contributed by atoms with Crippen molar-refractivity contribution in [3.05, 3.63) is 0 Å². The lowest BCUT2D eigenvalue weighted by molar-refractivity contribution is -0.146. The van der Waals surface area contributed by atoms with Gasteiger partial charge in [-0.3, -0.25) is 14.5 Å². The second kappa shape index (κ2) is 12.6. The van der Waals surface area contributed by atoms with Gasteiger partial charge in [0.15, 0.2) is 0 Å². The number of piperazine rings is 1. The van der Waals surface area contributed by atoms with Crippen LogP contribution in [0.5, 0.6) is 0 Å². The molecule has 23 heavy (non-hydrogen) atoms. The number of halogens is 1. The molecule has 0 spiro atoms. The highest BCUT2D eigenvalue weighted by atomic mass is 35.5. The summed E-state index contributed by atoms with van der Waals surface area (Å²) in [6.07, 6.45) is 5.79. The van der Waals surface area contributed by atoms with Gasteiger partial charge in [-0.1, -0.05) is 26.2 Å².